The molecule has 106 valence electrons. The predicted octanol–water partition coefficient (Wildman–Crippen LogP) is 4.11. The van der Waals surface area contributed by atoms with Crippen LogP contribution in [-0.4, -0.2) is 15.6 Å². The molecule has 0 aliphatic carbocycles. The summed E-state index contributed by atoms with van der Waals surface area (Å²) in [5, 5.41) is 9.32. The zero-order valence-electron chi connectivity index (χ0n) is 12.7. The van der Waals surface area contributed by atoms with Crippen molar-refractivity contribution in [3.8, 4) is 11.3 Å². The van der Waals surface area contributed by atoms with Crippen LogP contribution < -0.4 is 0 Å². The normalized spacial score (nSPS) is 10.8. The number of carbonyl (C=O) groups is 1. The van der Waals surface area contributed by atoms with Crippen LogP contribution in [-0.2, 0) is 6.54 Å². The second-order valence-corrected chi connectivity index (χ2v) is 5.35. The smallest absolute Gasteiger partial charge is 0.337 e. The number of hydrogen-bond donors (Lipinski definition) is 1. The minimum Gasteiger partial charge on any atom is -0.478 e. The zero-order valence-corrected chi connectivity index (χ0v) is 12.7. The Bertz CT molecular complexity index is 658. The Balaban J connectivity index is 2.76. The van der Waals surface area contributed by atoms with E-state index in [1.54, 1.807) is 6.07 Å². The van der Waals surface area contributed by atoms with Gasteiger partial charge in [-0.2, -0.15) is 0 Å². The predicted molar refractivity (Wildman–Crippen MR) is 81.4 cm³/mol. The molecule has 1 aromatic carbocycles. The first kappa shape index (κ1) is 14.4. The number of carboxylic acids is 1. The van der Waals surface area contributed by atoms with Crippen molar-refractivity contribution >= 4 is 5.97 Å². The average molecular weight is 271 g/mol. The standard InChI is InChI=1S/C17H21NO2/c1-6-18-13(5)14(17(19)20)9-15(18)16-11(3)7-10(2)8-12(16)4/h7-9H,6H2,1-5H3,(H,19,20). The van der Waals surface area contributed by atoms with Crippen LogP contribution in [0.3, 0.4) is 0 Å². The molecule has 0 unspecified atom stereocenters. The summed E-state index contributed by atoms with van der Waals surface area (Å²) in [6, 6.07) is 6.09. The van der Waals surface area contributed by atoms with E-state index < -0.39 is 5.97 Å². The molecular formula is C17H21NO2. The minimum absolute atomic E-state index is 0.390. The monoisotopic (exact) mass is 271 g/mol. The quantitative estimate of drug-likeness (QED) is 0.913. The fourth-order valence-electron chi connectivity index (χ4n) is 3.06. The molecule has 1 N–H and O–H groups in total. The van der Waals surface area contributed by atoms with Gasteiger partial charge in [0.2, 0.25) is 0 Å². The van der Waals surface area contributed by atoms with Crippen molar-refractivity contribution in [3.05, 3.63) is 46.1 Å². The maximum Gasteiger partial charge on any atom is 0.337 e. The molecule has 2 rings (SSSR count). The van der Waals surface area contributed by atoms with Gasteiger partial charge in [0.25, 0.3) is 0 Å². The highest BCUT2D eigenvalue weighted by molar-refractivity contribution is 5.91. The molecule has 3 heteroatoms. The summed E-state index contributed by atoms with van der Waals surface area (Å²) in [6.07, 6.45) is 0. The maximum atomic E-state index is 11.3. The number of aromatic carboxylic acids is 1. The number of carboxylic acid groups (broad SMARTS) is 1. The second-order valence-electron chi connectivity index (χ2n) is 5.35. The lowest BCUT2D eigenvalue weighted by Gasteiger charge is -2.14. The first-order chi connectivity index (χ1) is 9.36. The highest BCUT2D eigenvalue weighted by atomic mass is 16.4. The van der Waals surface area contributed by atoms with Crippen LogP contribution >= 0.6 is 0 Å². The third kappa shape index (κ3) is 2.24. The van der Waals surface area contributed by atoms with Crippen molar-refractivity contribution in [1.82, 2.24) is 4.57 Å². The fourth-order valence-corrected chi connectivity index (χ4v) is 3.06. The molecule has 0 aliphatic rings. The Morgan fingerprint density at radius 2 is 1.65 bits per heavy atom. The van der Waals surface area contributed by atoms with Gasteiger partial charge < -0.3 is 9.67 Å². The molecule has 0 saturated carbocycles. The Kier molecular flexibility index (Phi) is 3.71. The number of aryl methyl sites for hydroxylation is 3. The molecule has 1 heterocycles. The number of aromatic nitrogens is 1. The summed E-state index contributed by atoms with van der Waals surface area (Å²) in [4.78, 5) is 11.3. The largest absolute Gasteiger partial charge is 0.478 e. The van der Waals surface area contributed by atoms with Gasteiger partial charge in [0.1, 0.15) is 0 Å². The van der Waals surface area contributed by atoms with Gasteiger partial charge in [0.15, 0.2) is 0 Å². The third-order valence-electron chi connectivity index (χ3n) is 3.85. The lowest BCUT2D eigenvalue weighted by molar-refractivity contribution is 0.0696. The van der Waals surface area contributed by atoms with Gasteiger partial charge in [0, 0.05) is 23.5 Å². The summed E-state index contributed by atoms with van der Waals surface area (Å²) in [7, 11) is 0. The van der Waals surface area contributed by atoms with Crippen molar-refractivity contribution in [2.24, 2.45) is 0 Å². The molecule has 0 atom stereocenters. The van der Waals surface area contributed by atoms with Crippen LogP contribution in [0.15, 0.2) is 18.2 Å². The molecule has 2 aromatic rings. The van der Waals surface area contributed by atoms with Crippen LogP contribution in [0.2, 0.25) is 0 Å². The van der Waals surface area contributed by atoms with Crippen LogP contribution in [0.1, 0.15) is 39.7 Å². The average Bonchev–Trinajstić information content (AvgIpc) is 2.65. The second kappa shape index (κ2) is 5.16. The van der Waals surface area contributed by atoms with Crippen molar-refractivity contribution < 1.29 is 9.90 Å². The summed E-state index contributed by atoms with van der Waals surface area (Å²) in [5.74, 6) is -0.863. The summed E-state index contributed by atoms with van der Waals surface area (Å²) in [5.41, 5.74) is 6.95. The van der Waals surface area contributed by atoms with Crippen molar-refractivity contribution in [1.29, 1.82) is 0 Å². The molecule has 3 nitrogen and oxygen atoms in total. The Labute approximate surface area is 119 Å². The lowest BCUT2D eigenvalue weighted by Crippen LogP contribution is -2.03. The molecule has 0 radical (unpaired) electrons. The van der Waals surface area contributed by atoms with Crippen molar-refractivity contribution in [2.75, 3.05) is 0 Å². The highest BCUT2D eigenvalue weighted by Crippen LogP contribution is 2.32. The summed E-state index contributed by atoms with van der Waals surface area (Å²) < 4.78 is 2.08. The first-order valence-electron chi connectivity index (χ1n) is 6.88. The zero-order chi connectivity index (χ0) is 15.0. The Morgan fingerprint density at radius 3 is 2.10 bits per heavy atom. The third-order valence-corrected chi connectivity index (χ3v) is 3.85. The van der Waals surface area contributed by atoms with E-state index in [1.165, 1.54) is 16.7 Å². The van der Waals surface area contributed by atoms with E-state index in [0.29, 0.717) is 5.56 Å². The lowest BCUT2D eigenvalue weighted by atomic mass is 9.97. The number of rotatable bonds is 3. The van der Waals surface area contributed by atoms with E-state index in [4.69, 9.17) is 0 Å². The van der Waals surface area contributed by atoms with Crippen molar-refractivity contribution in [3.63, 3.8) is 0 Å². The number of hydrogen-bond acceptors (Lipinski definition) is 1. The van der Waals surface area contributed by atoms with Gasteiger partial charge in [-0.1, -0.05) is 17.7 Å². The van der Waals surface area contributed by atoms with Gasteiger partial charge in [-0.25, -0.2) is 4.79 Å². The van der Waals surface area contributed by atoms with Crippen LogP contribution in [0, 0.1) is 27.7 Å². The molecular weight excluding hydrogens is 250 g/mol. The molecule has 0 aliphatic heterocycles. The van der Waals surface area contributed by atoms with E-state index in [0.717, 1.165) is 23.5 Å². The minimum atomic E-state index is -0.863. The SMILES string of the molecule is CCn1c(-c2c(C)cc(C)cc2C)cc(C(=O)O)c1C. The van der Waals surface area contributed by atoms with Crippen LogP contribution in [0.5, 0.6) is 0 Å². The van der Waals surface area contributed by atoms with E-state index in [2.05, 4.69) is 37.5 Å². The Hall–Kier alpha value is -2.03. The van der Waals surface area contributed by atoms with Gasteiger partial charge in [-0.05, 0) is 51.8 Å². The van der Waals surface area contributed by atoms with Crippen molar-refractivity contribution in [2.45, 2.75) is 41.2 Å². The topological polar surface area (TPSA) is 42.2 Å². The molecule has 0 spiro atoms. The Morgan fingerprint density at radius 1 is 1.10 bits per heavy atom. The van der Waals surface area contributed by atoms with E-state index in [9.17, 15) is 9.90 Å². The molecule has 20 heavy (non-hydrogen) atoms. The van der Waals surface area contributed by atoms with E-state index >= 15 is 0 Å². The van der Waals surface area contributed by atoms with E-state index in [-0.39, 0.29) is 0 Å². The number of benzene rings is 1. The van der Waals surface area contributed by atoms with Gasteiger partial charge in [-0.3, -0.25) is 0 Å². The van der Waals surface area contributed by atoms with Gasteiger partial charge >= 0.3 is 5.97 Å². The van der Waals surface area contributed by atoms with Gasteiger partial charge in [-0.15, -0.1) is 0 Å². The first-order valence-corrected chi connectivity index (χ1v) is 6.88. The van der Waals surface area contributed by atoms with Crippen LogP contribution in [0.25, 0.3) is 11.3 Å². The summed E-state index contributed by atoms with van der Waals surface area (Å²) in [6.45, 7) is 10.9. The molecule has 0 bridgehead atoms. The maximum absolute atomic E-state index is 11.3. The summed E-state index contributed by atoms with van der Waals surface area (Å²) >= 11 is 0. The van der Waals surface area contributed by atoms with Crippen LogP contribution in [0.4, 0.5) is 0 Å². The molecule has 0 amide bonds. The van der Waals surface area contributed by atoms with E-state index in [1.807, 2.05) is 13.8 Å². The fraction of sp³-hybridized carbons (Fsp3) is 0.353. The molecule has 0 saturated heterocycles. The number of nitrogens with zero attached hydrogens (tertiary/aromatic N) is 1. The molecule has 0 fully saturated rings. The molecule has 1 aromatic heterocycles. The highest BCUT2D eigenvalue weighted by Gasteiger charge is 2.19. The van der Waals surface area contributed by atoms with Gasteiger partial charge in [0.05, 0.1) is 5.56 Å².